The van der Waals surface area contributed by atoms with E-state index in [2.05, 4.69) is 20.9 Å². The van der Waals surface area contributed by atoms with Gasteiger partial charge in [0.2, 0.25) is 0 Å². The van der Waals surface area contributed by atoms with Crippen LogP contribution in [-0.4, -0.2) is 20.5 Å². The molecule has 0 aliphatic heterocycles. The van der Waals surface area contributed by atoms with Gasteiger partial charge in [0.05, 0.1) is 11.6 Å². The smallest absolute Gasteiger partial charge is 0.312 e. The number of nitrogens with zero attached hydrogens (tertiary/aromatic N) is 2. The van der Waals surface area contributed by atoms with Crippen LogP contribution in [0.1, 0.15) is 18.5 Å². The Labute approximate surface area is 94.7 Å². The van der Waals surface area contributed by atoms with Gasteiger partial charge in [-0.15, -0.1) is 0 Å². The minimum absolute atomic E-state index is 0.550. The van der Waals surface area contributed by atoms with E-state index < -0.39 is 11.9 Å². The summed E-state index contributed by atoms with van der Waals surface area (Å²) in [6.45, 7) is 1.62. The zero-order valence-electron chi connectivity index (χ0n) is 8.01. The second-order valence-electron chi connectivity index (χ2n) is 3.28. The minimum Gasteiger partial charge on any atom is -0.481 e. The summed E-state index contributed by atoms with van der Waals surface area (Å²) < 4.78 is 2.52. The van der Waals surface area contributed by atoms with E-state index in [0.717, 1.165) is 5.65 Å². The lowest BCUT2D eigenvalue weighted by Gasteiger charge is -2.01. The third-order valence-electron chi connectivity index (χ3n) is 2.28. The third-order valence-corrected chi connectivity index (χ3v) is 3.07. The zero-order valence-corrected chi connectivity index (χ0v) is 9.60. The average Bonchev–Trinajstić information content (AvgIpc) is 2.56. The molecule has 0 saturated carbocycles. The molecule has 2 rings (SSSR count). The van der Waals surface area contributed by atoms with Gasteiger partial charge in [0.15, 0.2) is 0 Å². The zero-order chi connectivity index (χ0) is 11.0. The predicted octanol–water partition coefficient (Wildman–Crippen LogP) is 2.28. The Morgan fingerprint density at radius 3 is 2.93 bits per heavy atom. The van der Waals surface area contributed by atoms with Crippen molar-refractivity contribution in [3.05, 3.63) is 34.7 Å². The molecule has 0 aliphatic carbocycles. The van der Waals surface area contributed by atoms with Crippen molar-refractivity contribution in [3.8, 4) is 0 Å². The van der Waals surface area contributed by atoms with Crippen molar-refractivity contribution in [2.24, 2.45) is 0 Å². The van der Waals surface area contributed by atoms with Crippen LogP contribution in [0.4, 0.5) is 0 Å². The molecule has 2 aromatic rings. The predicted molar refractivity (Wildman–Crippen MR) is 58.9 cm³/mol. The van der Waals surface area contributed by atoms with Crippen LogP contribution in [0.25, 0.3) is 5.65 Å². The normalized spacial score (nSPS) is 12.9. The van der Waals surface area contributed by atoms with Gasteiger partial charge in [-0.3, -0.25) is 9.20 Å². The molecule has 2 heterocycles. The number of aromatic nitrogens is 2. The average molecular weight is 269 g/mol. The number of carboxylic acids is 1. The SMILES string of the molecule is CC(C(=O)O)c1nc2ccccn2c1Br. The maximum atomic E-state index is 10.9. The first-order chi connectivity index (χ1) is 7.11. The molecule has 1 N–H and O–H groups in total. The third kappa shape index (κ3) is 1.63. The summed E-state index contributed by atoms with van der Waals surface area (Å²) in [7, 11) is 0. The molecule has 78 valence electrons. The van der Waals surface area contributed by atoms with Crippen LogP contribution in [-0.2, 0) is 4.79 Å². The first-order valence-corrected chi connectivity index (χ1v) is 5.26. The first-order valence-electron chi connectivity index (χ1n) is 4.46. The van der Waals surface area contributed by atoms with Gasteiger partial charge in [0, 0.05) is 6.20 Å². The molecule has 15 heavy (non-hydrogen) atoms. The van der Waals surface area contributed by atoms with Crippen LogP contribution in [0.15, 0.2) is 29.0 Å². The van der Waals surface area contributed by atoms with E-state index in [9.17, 15) is 4.79 Å². The van der Waals surface area contributed by atoms with E-state index in [1.165, 1.54) is 0 Å². The van der Waals surface area contributed by atoms with Gasteiger partial charge in [-0.25, -0.2) is 4.98 Å². The van der Waals surface area contributed by atoms with Crippen molar-refractivity contribution in [3.63, 3.8) is 0 Å². The highest BCUT2D eigenvalue weighted by Gasteiger charge is 2.21. The van der Waals surface area contributed by atoms with Gasteiger partial charge in [-0.2, -0.15) is 0 Å². The van der Waals surface area contributed by atoms with E-state index in [0.29, 0.717) is 10.3 Å². The molecule has 1 atom stereocenters. The number of carbonyl (C=O) groups is 1. The van der Waals surface area contributed by atoms with Gasteiger partial charge < -0.3 is 5.11 Å². The lowest BCUT2D eigenvalue weighted by molar-refractivity contribution is -0.138. The van der Waals surface area contributed by atoms with Gasteiger partial charge in [0.25, 0.3) is 0 Å². The Balaban J connectivity index is 2.63. The van der Waals surface area contributed by atoms with Crippen LogP contribution >= 0.6 is 15.9 Å². The van der Waals surface area contributed by atoms with E-state index in [1.54, 1.807) is 6.92 Å². The maximum Gasteiger partial charge on any atom is 0.312 e. The molecule has 0 fully saturated rings. The maximum absolute atomic E-state index is 10.9. The number of carboxylic acid groups (broad SMARTS) is 1. The highest BCUT2D eigenvalue weighted by molar-refractivity contribution is 9.10. The molecule has 5 heteroatoms. The number of halogens is 1. The fraction of sp³-hybridized carbons (Fsp3) is 0.200. The Bertz CT molecular complexity index is 521. The molecule has 0 aliphatic rings. The molecule has 0 bridgehead atoms. The van der Waals surface area contributed by atoms with Crippen LogP contribution in [0.2, 0.25) is 0 Å². The lowest BCUT2D eigenvalue weighted by Crippen LogP contribution is -2.08. The number of rotatable bonds is 2. The Morgan fingerprint density at radius 1 is 1.60 bits per heavy atom. The first kappa shape index (κ1) is 10.2. The quantitative estimate of drug-likeness (QED) is 0.909. The summed E-state index contributed by atoms with van der Waals surface area (Å²) in [6.07, 6.45) is 1.84. The van der Waals surface area contributed by atoms with Crippen LogP contribution < -0.4 is 0 Å². The summed E-state index contributed by atoms with van der Waals surface area (Å²) in [5.74, 6) is -1.49. The highest BCUT2D eigenvalue weighted by atomic mass is 79.9. The summed E-state index contributed by atoms with van der Waals surface area (Å²) in [4.78, 5) is 15.1. The van der Waals surface area contributed by atoms with E-state index in [1.807, 2.05) is 28.8 Å². The van der Waals surface area contributed by atoms with Crippen molar-refractivity contribution in [2.45, 2.75) is 12.8 Å². The number of hydrogen-bond donors (Lipinski definition) is 1. The second kappa shape index (κ2) is 3.66. The Morgan fingerprint density at radius 2 is 2.33 bits per heavy atom. The molecular weight excluding hydrogens is 260 g/mol. The highest BCUT2D eigenvalue weighted by Crippen LogP contribution is 2.25. The topological polar surface area (TPSA) is 54.6 Å². The van der Waals surface area contributed by atoms with E-state index in [4.69, 9.17) is 5.11 Å². The Kier molecular flexibility index (Phi) is 2.48. The number of aliphatic carboxylic acids is 1. The van der Waals surface area contributed by atoms with Crippen LogP contribution in [0.5, 0.6) is 0 Å². The van der Waals surface area contributed by atoms with E-state index >= 15 is 0 Å². The number of pyridine rings is 1. The standard InChI is InChI=1S/C10H9BrN2O2/c1-6(10(14)15)8-9(11)13-5-3-2-4-7(13)12-8/h2-6H,1H3,(H,14,15). The van der Waals surface area contributed by atoms with Gasteiger partial charge in [-0.1, -0.05) is 6.07 Å². The molecule has 1 unspecified atom stereocenters. The fourth-order valence-corrected chi connectivity index (χ4v) is 2.11. The number of imidazole rings is 1. The summed E-state index contributed by atoms with van der Waals surface area (Å²) in [5, 5.41) is 8.91. The fourth-order valence-electron chi connectivity index (χ4n) is 1.38. The van der Waals surface area contributed by atoms with Gasteiger partial charge in [-0.05, 0) is 35.0 Å². The van der Waals surface area contributed by atoms with Crippen molar-refractivity contribution in [1.29, 1.82) is 0 Å². The largest absolute Gasteiger partial charge is 0.481 e. The molecular formula is C10H9BrN2O2. The van der Waals surface area contributed by atoms with Crippen molar-refractivity contribution in [2.75, 3.05) is 0 Å². The van der Waals surface area contributed by atoms with Gasteiger partial charge >= 0.3 is 5.97 Å². The molecule has 0 amide bonds. The van der Waals surface area contributed by atoms with E-state index in [-0.39, 0.29) is 0 Å². The van der Waals surface area contributed by atoms with Crippen molar-refractivity contribution < 1.29 is 9.90 Å². The lowest BCUT2D eigenvalue weighted by atomic mass is 10.1. The summed E-state index contributed by atoms with van der Waals surface area (Å²) in [5.41, 5.74) is 1.29. The monoisotopic (exact) mass is 268 g/mol. The van der Waals surface area contributed by atoms with Crippen molar-refractivity contribution in [1.82, 2.24) is 9.38 Å². The Hall–Kier alpha value is -1.36. The molecule has 0 aromatic carbocycles. The van der Waals surface area contributed by atoms with Crippen molar-refractivity contribution >= 4 is 27.5 Å². The van der Waals surface area contributed by atoms with Gasteiger partial charge in [0.1, 0.15) is 10.3 Å². The minimum atomic E-state index is -0.876. The van der Waals surface area contributed by atoms with Crippen LogP contribution in [0, 0.1) is 0 Å². The molecule has 0 radical (unpaired) electrons. The molecule has 0 spiro atoms. The molecule has 2 aromatic heterocycles. The molecule has 4 nitrogen and oxygen atoms in total. The van der Waals surface area contributed by atoms with Crippen LogP contribution in [0.3, 0.4) is 0 Å². The number of hydrogen-bond acceptors (Lipinski definition) is 2. The molecule has 0 saturated heterocycles. The summed E-state index contributed by atoms with van der Waals surface area (Å²) in [6, 6.07) is 5.57. The second-order valence-corrected chi connectivity index (χ2v) is 4.03. The summed E-state index contributed by atoms with van der Waals surface area (Å²) >= 11 is 3.36. The number of fused-ring (bicyclic) bond motifs is 1.